The minimum Gasteiger partial charge on any atom is -0.390 e. The van der Waals surface area contributed by atoms with Crippen LogP contribution in [0, 0.1) is 5.92 Å². The van der Waals surface area contributed by atoms with Gasteiger partial charge in [0.25, 0.3) is 0 Å². The molecule has 2 nitrogen and oxygen atoms in total. The summed E-state index contributed by atoms with van der Waals surface area (Å²) in [6, 6.07) is 0. The van der Waals surface area contributed by atoms with Crippen molar-refractivity contribution in [3.8, 4) is 0 Å². The number of aliphatic hydroxyl groups excluding tert-OH is 1. The van der Waals surface area contributed by atoms with Crippen molar-refractivity contribution in [1.29, 1.82) is 0 Å². The lowest BCUT2D eigenvalue weighted by Gasteiger charge is -2.35. The molecule has 2 aliphatic rings. The van der Waals surface area contributed by atoms with E-state index < -0.39 is 11.7 Å². The Morgan fingerprint density at radius 1 is 0.867 bits per heavy atom. The summed E-state index contributed by atoms with van der Waals surface area (Å²) >= 11 is 0. The van der Waals surface area contributed by atoms with E-state index in [0.717, 1.165) is 38.5 Å². The van der Waals surface area contributed by atoms with Crippen LogP contribution in [0.15, 0.2) is 0 Å². The number of hydrogen-bond acceptors (Lipinski definition) is 2. The Kier molecular flexibility index (Phi) is 3.68. The summed E-state index contributed by atoms with van der Waals surface area (Å²) in [6.45, 7) is 0. The molecule has 2 aliphatic carbocycles. The van der Waals surface area contributed by atoms with Crippen LogP contribution in [0.1, 0.15) is 64.2 Å². The first-order valence-electron chi connectivity index (χ1n) is 6.63. The lowest BCUT2D eigenvalue weighted by molar-refractivity contribution is -0.108. The minimum atomic E-state index is -0.758. The Morgan fingerprint density at radius 2 is 1.40 bits per heavy atom. The molecule has 1 atom stereocenters. The van der Waals surface area contributed by atoms with Crippen LogP contribution >= 0.6 is 0 Å². The van der Waals surface area contributed by atoms with E-state index in [-0.39, 0.29) is 0 Å². The zero-order valence-electron chi connectivity index (χ0n) is 9.62. The molecule has 0 spiro atoms. The third-order valence-corrected chi connectivity index (χ3v) is 4.37. The Morgan fingerprint density at radius 3 is 1.93 bits per heavy atom. The lowest BCUT2D eigenvalue weighted by Crippen LogP contribution is -2.45. The van der Waals surface area contributed by atoms with Gasteiger partial charge in [-0.05, 0) is 31.6 Å². The average molecular weight is 212 g/mol. The third kappa shape index (κ3) is 2.54. The van der Waals surface area contributed by atoms with Gasteiger partial charge in [0.15, 0.2) is 0 Å². The molecule has 0 radical (unpaired) electrons. The summed E-state index contributed by atoms with van der Waals surface area (Å²) in [6.07, 6.45) is 10.5. The molecule has 1 unspecified atom stereocenters. The minimum absolute atomic E-state index is 0.369. The van der Waals surface area contributed by atoms with Crippen molar-refractivity contribution >= 4 is 0 Å². The normalized spacial score (nSPS) is 30.0. The maximum absolute atomic E-state index is 10.5. The molecule has 15 heavy (non-hydrogen) atoms. The van der Waals surface area contributed by atoms with Gasteiger partial charge < -0.3 is 10.2 Å². The van der Waals surface area contributed by atoms with E-state index in [2.05, 4.69) is 0 Å². The van der Waals surface area contributed by atoms with E-state index >= 15 is 0 Å². The van der Waals surface area contributed by atoms with Crippen molar-refractivity contribution in [1.82, 2.24) is 0 Å². The molecule has 2 heteroatoms. The molecule has 0 aromatic heterocycles. The molecular weight excluding hydrogens is 188 g/mol. The molecule has 2 saturated carbocycles. The summed E-state index contributed by atoms with van der Waals surface area (Å²) in [5, 5.41) is 20.8. The Balaban J connectivity index is 1.98. The van der Waals surface area contributed by atoms with Gasteiger partial charge in [-0.2, -0.15) is 0 Å². The van der Waals surface area contributed by atoms with Crippen LogP contribution in [0.4, 0.5) is 0 Å². The summed E-state index contributed by atoms with van der Waals surface area (Å²) in [5.41, 5.74) is -0.758. The topological polar surface area (TPSA) is 40.5 Å². The second-order valence-electron chi connectivity index (χ2n) is 5.51. The van der Waals surface area contributed by atoms with Gasteiger partial charge in [0.1, 0.15) is 0 Å². The molecule has 0 amide bonds. The fourth-order valence-corrected chi connectivity index (χ4v) is 3.35. The van der Waals surface area contributed by atoms with Gasteiger partial charge in [-0.25, -0.2) is 0 Å². The molecule has 0 bridgehead atoms. The van der Waals surface area contributed by atoms with Crippen molar-refractivity contribution in [2.24, 2.45) is 5.92 Å². The zero-order chi connectivity index (χ0) is 10.7. The van der Waals surface area contributed by atoms with E-state index in [1.54, 1.807) is 0 Å². The summed E-state index contributed by atoms with van der Waals surface area (Å²) in [5.74, 6) is 0.369. The van der Waals surface area contributed by atoms with Crippen LogP contribution in [-0.4, -0.2) is 21.9 Å². The van der Waals surface area contributed by atoms with Crippen LogP contribution in [0.2, 0.25) is 0 Å². The Bertz CT molecular complexity index is 189. The van der Waals surface area contributed by atoms with Crippen molar-refractivity contribution in [3.63, 3.8) is 0 Å². The van der Waals surface area contributed by atoms with Crippen LogP contribution in [0.25, 0.3) is 0 Å². The van der Waals surface area contributed by atoms with E-state index in [4.69, 9.17) is 0 Å². The van der Waals surface area contributed by atoms with Crippen LogP contribution in [0.5, 0.6) is 0 Å². The van der Waals surface area contributed by atoms with Gasteiger partial charge in [-0.1, -0.05) is 38.5 Å². The smallest absolute Gasteiger partial charge is 0.0908 e. The highest BCUT2D eigenvalue weighted by atomic mass is 16.3. The predicted octanol–water partition coefficient (Wildman–Crippen LogP) is 2.62. The lowest BCUT2D eigenvalue weighted by atomic mass is 9.81. The molecule has 0 aromatic carbocycles. The van der Waals surface area contributed by atoms with Gasteiger partial charge in [-0.3, -0.25) is 0 Å². The predicted molar refractivity (Wildman–Crippen MR) is 60.6 cm³/mol. The van der Waals surface area contributed by atoms with Crippen molar-refractivity contribution in [3.05, 3.63) is 0 Å². The van der Waals surface area contributed by atoms with Crippen LogP contribution in [0.3, 0.4) is 0 Å². The monoisotopic (exact) mass is 212 g/mol. The maximum atomic E-state index is 10.5. The van der Waals surface area contributed by atoms with E-state index in [1.165, 1.54) is 25.7 Å². The average Bonchev–Trinajstić information content (AvgIpc) is 2.67. The number of aliphatic hydroxyl groups is 2. The highest BCUT2D eigenvalue weighted by molar-refractivity contribution is 4.93. The molecule has 88 valence electrons. The van der Waals surface area contributed by atoms with Crippen molar-refractivity contribution in [2.75, 3.05) is 0 Å². The van der Waals surface area contributed by atoms with Gasteiger partial charge in [0, 0.05) is 0 Å². The van der Waals surface area contributed by atoms with Gasteiger partial charge in [0.05, 0.1) is 11.7 Å². The van der Waals surface area contributed by atoms with Crippen LogP contribution < -0.4 is 0 Å². The first-order valence-corrected chi connectivity index (χ1v) is 6.63. The molecule has 0 aliphatic heterocycles. The standard InChI is InChI=1S/C13H24O2/c14-12(11-7-3-4-8-11)13(15)9-5-1-2-6-10-13/h11-12,14-15H,1-10H2. The van der Waals surface area contributed by atoms with Gasteiger partial charge in [-0.15, -0.1) is 0 Å². The summed E-state index contributed by atoms with van der Waals surface area (Å²) in [7, 11) is 0. The summed E-state index contributed by atoms with van der Waals surface area (Å²) in [4.78, 5) is 0. The van der Waals surface area contributed by atoms with Crippen molar-refractivity contribution in [2.45, 2.75) is 75.9 Å². The second kappa shape index (κ2) is 4.84. The zero-order valence-corrected chi connectivity index (χ0v) is 9.62. The Hall–Kier alpha value is -0.0800. The molecule has 0 aromatic rings. The molecule has 2 fully saturated rings. The first-order chi connectivity index (χ1) is 7.22. The fraction of sp³-hybridized carbons (Fsp3) is 1.00. The molecule has 0 heterocycles. The van der Waals surface area contributed by atoms with Gasteiger partial charge in [0.2, 0.25) is 0 Å². The summed E-state index contributed by atoms with van der Waals surface area (Å²) < 4.78 is 0. The Labute approximate surface area is 92.7 Å². The largest absolute Gasteiger partial charge is 0.390 e. The fourth-order valence-electron chi connectivity index (χ4n) is 3.35. The van der Waals surface area contributed by atoms with Crippen molar-refractivity contribution < 1.29 is 10.2 Å². The van der Waals surface area contributed by atoms with Gasteiger partial charge >= 0.3 is 0 Å². The number of hydrogen-bond donors (Lipinski definition) is 2. The molecule has 2 N–H and O–H groups in total. The SMILES string of the molecule is OC(C1CCCC1)C1(O)CCCCCC1. The van der Waals surface area contributed by atoms with E-state index in [1.807, 2.05) is 0 Å². The van der Waals surface area contributed by atoms with E-state index in [0.29, 0.717) is 5.92 Å². The third-order valence-electron chi connectivity index (χ3n) is 4.37. The highest BCUT2D eigenvalue weighted by Gasteiger charge is 2.40. The van der Waals surface area contributed by atoms with E-state index in [9.17, 15) is 10.2 Å². The first kappa shape index (κ1) is 11.4. The number of rotatable bonds is 2. The quantitative estimate of drug-likeness (QED) is 0.691. The van der Waals surface area contributed by atoms with Crippen LogP contribution in [-0.2, 0) is 0 Å². The molecule has 2 rings (SSSR count). The second-order valence-corrected chi connectivity index (χ2v) is 5.51. The maximum Gasteiger partial charge on any atom is 0.0908 e. The molecule has 0 saturated heterocycles. The highest BCUT2D eigenvalue weighted by Crippen LogP contribution is 2.38. The molecular formula is C13H24O2.